The molecule has 1 saturated heterocycles. The van der Waals surface area contributed by atoms with Gasteiger partial charge in [-0.15, -0.1) is 0 Å². The Morgan fingerprint density at radius 1 is 1.46 bits per heavy atom. The molecule has 0 unspecified atom stereocenters. The van der Waals surface area contributed by atoms with Crippen molar-refractivity contribution in [2.75, 3.05) is 31.6 Å². The van der Waals surface area contributed by atoms with E-state index < -0.39 is 0 Å². The number of nitrogens with zero attached hydrogens (tertiary/aromatic N) is 3. The molecule has 1 fully saturated rings. The molecule has 0 aliphatic carbocycles. The Kier molecular flexibility index (Phi) is 7.05. The van der Waals surface area contributed by atoms with Crippen LogP contribution in [-0.4, -0.2) is 58.1 Å². The second-order valence-corrected chi connectivity index (χ2v) is 7.00. The first-order valence-corrected chi connectivity index (χ1v) is 8.93. The molecule has 1 aliphatic rings. The summed E-state index contributed by atoms with van der Waals surface area (Å²) in [5.74, 6) is 1.19. The molecule has 24 heavy (non-hydrogen) atoms. The highest BCUT2D eigenvalue weighted by Gasteiger charge is 2.21. The molecule has 136 valence electrons. The van der Waals surface area contributed by atoms with Crippen LogP contribution in [0.15, 0.2) is 6.07 Å². The molecule has 1 atom stereocenters. The van der Waals surface area contributed by atoms with Crippen LogP contribution in [0.5, 0.6) is 0 Å². The van der Waals surface area contributed by atoms with Gasteiger partial charge in [-0.2, -0.15) is 5.10 Å². The largest absolute Gasteiger partial charge is 0.395 e. The number of hydrogen-bond acceptors (Lipinski definition) is 4. The molecular weight excluding hydrogens is 306 g/mol. The van der Waals surface area contributed by atoms with Crippen molar-refractivity contribution in [3.63, 3.8) is 0 Å². The van der Waals surface area contributed by atoms with E-state index in [2.05, 4.69) is 34.5 Å². The van der Waals surface area contributed by atoms with Crippen molar-refractivity contribution < 1.29 is 9.90 Å². The van der Waals surface area contributed by atoms with Crippen molar-refractivity contribution in [1.29, 1.82) is 0 Å². The Bertz CT molecular complexity index is 529. The van der Waals surface area contributed by atoms with Crippen LogP contribution in [0.4, 0.5) is 10.6 Å². The number of carbonyl (C=O) groups is 1. The molecule has 7 heteroatoms. The molecule has 0 aromatic carbocycles. The standard InChI is InChI=1S/C17H31N5O2/c1-13(2)11-22-16(10-14(3)20-22)19-17(24)18-7-9-21-8-5-4-6-15(21)12-23/h10,13,15,23H,4-9,11-12H2,1-3H3,(H2,18,19,24)/t15-/m1/s1. The number of amides is 2. The van der Waals surface area contributed by atoms with Gasteiger partial charge in [0.15, 0.2) is 0 Å². The number of nitrogens with one attached hydrogen (secondary N) is 2. The minimum Gasteiger partial charge on any atom is -0.395 e. The van der Waals surface area contributed by atoms with E-state index in [0.29, 0.717) is 12.5 Å². The minimum atomic E-state index is -0.211. The number of aryl methyl sites for hydroxylation is 1. The third-order valence-corrected chi connectivity index (χ3v) is 4.33. The predicted octanol–water partition coefficient (Wildman–Crippen LogP) is 1.82. The third-order valence-electron chi connectivity index (χ3n) is 4.33. The van der Waals surface area contributed by atoms with E-state index in [9.17, 15) is 9.90 Å². The summed E-state index contributed by atoms with van der Waals surface area (Å²) < 4.78 is 1.84. The average molecular weight is 337 g/mol. The minimum absolute atomic E-state index is 0.194. The SMILES string of the molecule is Cc1cc(NC(=O)NCCN2CCCC[C@@H]2CO)n(CC(C)C)n1. The summed E-state index contributed by atoms with van der Waals surface area (Å²) in [5.41, 5.74) is 0.894. The fourth-order valence-corrected chi connectivity index (χ4v) is 3.17. The summed E-state index contributed by atoms with van der Waals surface area (Å²) in [6.07, 6.45) is 3.38. The lowest BCUT2D eigenvalue weighted by Gasteiger charge is -2.34. The molecular formula is C17H31N5O2. The lowest BCUT2D eigenvalue weighted by atomic mass is 10.0. The van der Waals surface area contributed by atoms with Crippen molar-refractivity contribution in [1.82, 2.24) is 20.0 Å². The van der Waals surface area contributed by atoms with Crippen LogP contribution in [-0.2, 0) is 6.54 Å². The molecule has 2 rings (SSSR count). The second kappa shape index (κ2) is 9.03. The molecule has 1 aliphatic heterocycles. The summed E-state index contributed by atoms with van der Waals surface area (Å²) in [6.45, 7) is 9.46. The Hall–Kier alpha value is -1.60. The van der Waals surface area contributed by atoms with Gasteiger partial charge in [0.25, 0.3) is 0 Å². The molecule has 1 aromatic heterocycles. The van der Waals surface area contributed by atoms with Gasteiger partial charge >= 0.3 is 6.03 Å². The number of anilines is 1. The fourth-order valence-electron chi connectivity index (χ4n) is 3.17. The first kappa shape index (κ1) is 18.7. The van der Waals surface area contributed by atoms with Crippen LogP contribution in [0.25, 0.3) is 0 Å². The van der Waals surface area contributed by atoms with Crippen molar-refractivity contribution >= 4 is 11.8 Å². The molecule has 0 bridgehead atoms. The Morgan fingerprint density at radius 2 is 2.25 bits per heavy atom. The normalized spacial score (nSPS) is 18.8. The topological polar surface area (TPSA) is 82.4 Å². The molecule has 3 N–H and O–H groups in total. The Labute approximate surface area is 144 Å². The van der Waals surface area contributed by atoms with Crippen molar-refractivity contribution in [3.8, 4) is 0 Å². The maximum Gasteiger partial charge on any atom is 0.320 e. The van der Waals surface area contributed by atoms with Crippen molar-refractivity contribution in [3.05, 3.63) is 11.8 Å². The summed E-state index contributed by atoms with van der Waals surface area (Å²) >= 11 is 0. The van der Waals surface area contributed by atoms with E-state index in [1.807, 2.05) is 17.7 Å². The number of rotatable bonds is 7. The van der Waals surface area contributed by atoms with E-state index >= 15 is 0 Å². The van der Waals surface area contributed by atoms with Crippen molar-refractivity contribution in [2.45, 2.75) is 52.6 Å². The van der Waals surface area contributed by atoms with Crippen LogP contribution >= 0.6 is 0 Å². The third kappa shape index (κ3) is 5.49. The van der Waals surface area contributed by atoms with Crippen LogP contribution in [0.3, 0.4) is 0 Å². The summed E-state index contributed by atoms with van der Waals surface area (Å²) in [4.78, 5) is 14.4. The van der Waals surface area contributed by atoms with Crippen molar-refractivity contribution in [2.24, 2.45) is 5.92 Å². The lowest BCUT2D eigenvalue weighted by Crippen LogP contribution is -2.46. The van der Waals surface area contributed by atoms with Crippen LogP contribution in [0.1, 0.15) is 38.8 Å². The number of aliphatic hydroxyl groups excluding tert-OH is 1. The van der Waals surface area contributed by atoms with Crippen LogP contribution in [0.2, 0.25) is 0 Å². The van der Waals surface area contributed by atoms with Gasteiger partial charge in [0.1, 0.15) is 5.82 Å². The van der Waals surface area contributed by atoms with Gasteiger partial charge in [-0.3, -0.25) is 10.2 Å². The van der Waals surface area contributed by atoms with Gasteiger partial charge < -0.3 is 10.4 Å². The summed E-state index contributed by atoms with van der Waals surface area (Å²) in [6, 6.07) is 1.91. The maximum atomic E-state index is 12.1. The quantitative estimate of drug-likeness (QED) is 0.709. The predicted molar refractivity (Wildman–Crippen MR) is 95.1 cm³/mol. The van der Waals surface area contributed by atoms with E-state index in [1.54, 1.807) is 0 Å². The Morgan fingerprint density at radius 3 is 2.96 bits per heavy atom. The van der Waals surface area contributed by atoms with Crippen LogP contribution < -0.4 is 10.6 Å². The second-order valence-electron chi connectivity index (χ2n) is 7.00. The highest BCUT2D eigenvalue weighted by molar-refractivity contribution is 5.88. The van der Waals surface area contributed by atoms with Crippen LogP contribution in [0, 0.1) is 12.8 Å². The zero-order chi connectivity index (χ0) is 17.5. The van der Waals surface area contributed by atoms with E-state index in [-0.39, 0.29) is 18.7 Å². The van der Waals surface area contributed by atoms with Gasteiger partial charge in [0.05, 0.1) is 12.3 Å². The molecule has 7 nitrogen and oxygen atoms in total. The lowest BCUT2D eigenvalue weighted by molar-refractivity contribution is 0.0917. The average Bonchev–Trinajstić information content (AvgIpc) is 2.86. The first-order valence-electron chi connectivity index (χ1n) is 8.93. The monoisotopic (exact) mass is 337 g/mol. The van der Waals surface area contributed by atoms with E-state index in [0.717, 1.165) is 44.0 Å². The maximum absolute atomic E-state index is 12.1. The van der Waals surface area contributed by atoms with E-state index in [1.165, 1.54) is 6.42 Å². The number of urea groups is 1. The summed E-state index contributed by atoms with van der Waals surface area (Å²) in [5, 5.41) is 19.6. The Balaban J connectivity index is 1.79. The molecule has 1 aromatic rings. The number of aromatic nitrogens is 2. The molecule has 0 spiro atoms. The fraction of sp³-hybridized carbons (Fsp3) is 0.765. The number of aliphatic hydroxyl groups is 1. The van der Waals surface area contributed by atoms with Gasteiger partial charge in [-0.25, -0.2) is 9.48 Å². The highest BCUT2D eigenvalue weighted by Crippen LogP contribution is 2.16. The number of likely N-dealkylation sites (tertiary alicyclic amines) is 1. The zero-order valence-electron chi connectivity index (χ0n) is 15.1. The smallest absolute Gasteiger partial charge is 0.320 e. The van der Waals surface area contributed by atoms with Gasteiger partial charge in [-0.1, -0.05) is 20.3 Å². The van der Waals surface area contributed by atoms with Gasteiger partial charge in [0, 0.05) is 31.7 Å². The van der Waals surface area contributed by atoms with E-state index in [4.69, 9.17) is 0 Å². The molecule has 0 saturated carbocycles. The number of hydrogen-bond donors (Lipinski definition) is 3. The van der Waals surface area contributed by atoms with Gasteiger partial charge in [0.2, 0.25) is 0 Å². The molecule has 2 amide bonds. The molecule has 2 heterocycles. The molecule has 0 radical (unpaired) electrons. The van der Waals surface area contributed by atoms with Gasteiger partial charge in [-0.05, 0) is 32.2 Å². The number of piperidine rings is 1. The summed E-state index contributed by atoms with van der Waals surface area (Å²) in [7, 11) is 0. The zero-order valence-corrected chi connectivity index (χ0v) is 15.1. The highest BCUT2D eigenvalue weighted by atomic mass is 16.3. The first-order chi connectivity index (χ1) is 11.5. The number of carbonyl (C=O) groups excluding carboxylic acids is 1.